The zero-order valence-corrected chi connectivity index (χ0v) is 14.2. The minimum absolute atomic E-state index is 0.0223. The van der Waals surface area contributed by atoms with Gasteiger partial charge in [-0.15, -0.1) is 0 Å². The lowest BCUT2D eigenvalue weighted by molar-refractivity contribution is 0.0535. The number of benzene rings is 2. The third-order valence-electron chi connectivity index (χ3n) is 4.75. The van der Waals surface area contributed by atoms with Gasteiger partial charge in [0, 0.05) is 49.0 Å². The Balaban J connectivity index is 1.42. The van der Waals surface area contributed by atoms with E-state index in [0.29, 0.717) is 37.3 Å². The van der Waals surface area contributed by atoms with Crippen molar-refractivity contribution in [2.45, 2.75) is 0 Å². The van der Waals surface area contributed by atoms with Crippen molar-refractivity contribution in [3.63, 3.8) is 0 Å². The summed E-state index contributed by atoms with van der Waals surface area (Å²) in [4.78, 5) is 31.9. The summed E-state index contributed by atoms with van der Waals surface area (Å²) in [5.41, 5.74) is 2.04. The second-order valence-electron chi connectivity index (χ2n) is 6.41. The molecule has 2 amide bonds. The summed E-state index contributed by atoms with van der Waals surface area (Å²) in [7, 11) is 0. The Morgan fingerprint density at radius 3 is 2.15 bits per heavy atom. The predicted octanol–water partition coefficient (Wildman–Crippen LogP) is 2.47. The van der Waals surface area contributed by atoms with E-state index in [2.05, 4.69) is 4.98 Å². The van der Waals surface area contributed by atoms with Gasteiger partial charge in [-0.1, -0.05) is 12.1 Å². The highest BCUT2D eigenvalue weighted by Crippen LogP contribution is 2.18. The first kappa shape index (κ1) is 16.2. The van der Waals surface area contributed by atoms with E-state index in [1.807, 2.05) is 30.5 Å². The monoisotopic (exact) mass is 349 g/mol. The molecule has 1 aliphatic rings. The standard InChI is InChI=1S/C20H19N3O3/c24-17-3-1-2-15(12-17)19(25)22-8-10-23(11-9-22)20(26)16-5-4-14-6-7-21-18(14)13-16/h1-7,12-13,21,24H,8-11H2. The molecule has 0 spiro atoms. The number of phenols is 1. The van der Waals surface area contributed by atoms with Crippen molar-refractivity contribution >= 4 is 22.7 Å². The van der Waals surface area contributed by atoms with Crippen molar-refractivity contribution in [2.75, 3.05) is 26.2 Å². The lowest BCUT2D eigenvalue weighted by Crippen LogP contribution is -2.50. The van der Waals surface area contributed by atoms with Gasteiger partial charge in [0.2, 0.25) is 0 Å². The van der Waals surface area contributed by atoms with Crippen molar-refractivity contribution < 1.29 is 14.7 Å². The number of fused-ring (bicyclic) bond motifs is 1. The molecule has 2 aromatic carbocycles. The summed E-state index contributed by atoms with van der Waals surface area (Å²) < 4.78 is 0. The molecule has 1 aliphatic heterocycles. The molecule has 0 radical (unpaired) electrons. The van der Waals surface area contributed by atoms with Crippen molar-refractivity contribution in [1.82, 2.24) is 14.8 Å². The molecular formula is C20H19N3O3. The Kier molecular flexibility index (Phi) is 4.08. The Labute approximate surface area is 150 Å². The number of piperazine rings is 1. The molecule has 4 rings (SSSR count). The van der Waals surface area contributed by atoms with Crippen LogP contribution in [0.4, 0.5) is 0 Å². The van der Waals surface area contributed by atoms with E-state index in [1.54, 1.807) is 21.9 Å². The number of nitrogens with one attached hydrogen (secondary N) is 1. The Morgan fingerprint density at radius 2 is 1.50 bits per heavy atom. The second kappa shape index (κ2) is 6.55. The molecule has 1 aromatic heterocycles. The highest BCUT2D eigenvalue weighted by atomic mass is 16.3. The number of aromatic amines is 1. The van der Waals surface area contributed by atoms with E-state index in [1.165, 1.54) is 12.1 Å². The quantitative estimate of drug-likeness (QED) is 0.746. The predicted molar refractivity (Wildman–Crippen MR) is 98.2 cm³/mol. The number of hydrogen-bond acceptors (Lipinski definition) is 3. The molecule has 2 N–H and O–H groups in total. The third kappa shape index (κ3) is 3.01. The number of phenolic OH excluding ortho intramolecular Hbond substituents is 1. The summed E-state index contributed by atoms with van der Waals surface area (Å²) in [6.45, 7) is 1.94. The Hall–Kier alpha value is -3.28. The summed E-state index contributed by atoms with van der Waals surface area (Å²) in [6, 6.07) is 13.9. The minimum Gasteiger partial charge on any atom is -0.508 e. The van der Waals surface area contributed by atoms with Crippen LogP contribution in [0.2, 0.25) is 0 Å². The zero-order chi connectivity index (χ0) is 18.1. The van der Waals surface area contributed by atoms with Crippen molar-refractivity contribution in [3.05, 3.63) is 65.9 Å². The second-order valence-corrected chi connectivity index (χ2v) is 6.41. The highest BCUT2D eigenvalue weighted by Gasteiger charge is 2.25. The zero-order valence-electron chi connectivity index (χ0n) is 14.2. The average Bonchev–Trinajstić information content (AvgIpc) is 3.15. The third-order valence-corrected chi connectivity index (χ3v) is 4.75. The number of aromatic nitrogens is 1. The van der Waals surface area contributed by atoms with Crippen LogP contribution in [0.1, 0.15) is 20.7 Å². The van der Waals surface area contributed by atoms with Crippen molar-refractivity contribution in [1.29, 1.82) is 0 Å². The average molecular weight is 349 g/mol. The molecule has 6 nitrogen and oxygen atoms in total. The van der Waals surface area contributed by atoms with Gasteiger partial charge >= 0.3 is 0 Å². The lowest BCUT2D eigenvalue weighted by atomic mass is 10.1. The van der Waals surface area contributed by atoms with Crippen LogP contribution >= 0.6 is 0 Å². The molecule has 3 aromatic rings. The fourth-order valence-electron chi connectivity index (χ4n) is 3.30. The fraction of sp³-hybridized carbons (Fsp3) is 0.200. The molecule has 1 saturated heterocycles. The van der Waals surface area contributed by atoms with E-state index in [9.17, 15) is 14.7 Å². The van der Waals surface area contributed by atoms with Crippen LogP contribution in [0, 0.1) is 0 Å². The van der Waals surface area contributed by atoms with Gasteiger partial charge in [0.15, 0.2) is 0 Å². The number of nitrogens with zero attached hydrogens (tertiary/aromatic N) is 2. The molecule has 0 unspecified atom stereocenters. The molecule has 0 bridgehead atoms. The normalized spacial score (nSPS) is 14.6. The molecule has 1 fully saturated rings. The van der Waals surface area contributed by atoms with Crippen LogP contribution in [0.25, 0.3) is 10.9 Å². The maximum Gasteiger partial charge on any atom is 0.254 e. The number of carbonyl (C=O) groups excluding carboxylic acids is 2. The van der Waals surface area contributed by atoms with Crippen molar-refractivity contribution in [3.8, 4) is 5.75 Å². The van der Waals surface area contributed by atoms with Gasteiger partial charge in [-0.25, -0.2) is 0 Å². The summed E-state index contributed by atoms with van der Waals surface area (Å²) in [6.07, 6.45) is 1.85. The number of carbonyl (C=O) groups is 2. The maximum atomic E-state index is 12.7. The number of rotatable bonds is 2. The van der Waals surface area contributed by atoms with Crippen LogP contribution in [0.15, 0.2) is 54.7 Å². The SMILES string of the molecule is O=C(c1cccc(O)c1)N1CCN(C(=O)c2ccc3cc[nH]c3c2)CC1. The van der Waals surface area contributed by atoms with Crippen LogP contribution in [-0.2, 0) is 0 Å². The van der Waals surface area contributed by atoms with Gasteiger partial charge in [-0.05, 0) is 41.8 Å². The Morgan fingerprint density at radius 1 is 0.846 bits per heavy atom. The molecule has 0 saturated carbocycles. The number of hydrogen-bond donors (Lipinski definition) is 2. The van der Waals surface area contributed by atoms with E-state index >= 15 is 0 Å². The summed E-state index contributed by atoms with van der Waals surface area (Å²) in [5, 5.41) is 10.6. The first-order valence-electron chi connectivity index (χ1n) is 8.56. The number of H-pyrrole nitrogens is 1. The first-order chi connectivity index (χ1) is 12.6. The van der Waals surface area contributed by atoms with Gasteiger partial charge in [0.05, 0.1) is 0 Å². The fourth-order valence-corrected chi connectivity index (χ4v) is 3.30. The van der Waals surface area contributed by atoms with Gasteiger partial charge in [-0.3, -0.25) is 9.59 Å². The van der Waals surface area contributed by atoms with Crippen LogP contribution < -0.4 is 0 Å². The van der Waals surface area contributed by atoms with Crippen LogP contribution in [-0.4, -0.2) is 57.9 Å². The van der Waals surface area contributed by atoms with Gasteiger partial charge in [0.25, 0.3) is 11.8 Å². The number of amides is 2. The smallest absolute Gasteiger partial charge is 0.254 e. The summed E-state index contributed by atoms with van der Waals surface area (Å²) >= 11 is 0. The largest absolute Gasteiger partial charge is 0.508 e. The summed E-state index contributed by atoms with van der Waals surface area (Å²) in [5.74, 6) is -0.0730. The first-order valence-corrected chi connectivity index (χ1v) is 8.56. The topological polar surface area (TPSA) is 76.6 Å². The van der Waals surface area contributed by atoms with E-state index < -0.39 is 0 Å². The van der Waals surface area contributed by atoms with Crippen LogP contribution in [0.5, 0.6) is 5.75 Å². The highest BCUT2D eigenvalue weighted by molar-refractivity contribution is 5.98. The molecule has 2 heterocycles. The molecule has 132 valence electrons. The maximum absolute atomic E-state index is 12.7. The van der Waals surface area contributed by atoms with E-state index in [0.717, 1.165) is 10.9 Å². The minimum atomic E-state index is -0.124. The molecule has 0 aliphatic carbocycles. The van der Waals surface area contributed by atoms with E-state index in [4.69, 9.17) is 0 Å². The molecule has 0 atom stereocenters. The van der Waals surface area contributed by atoms with Gasteiger partial charge < -0.3 is 19.9 Å². The molecular weight excluding hydrogens is 330 g/mol. The van der Waals surface area contributed by atoms with E-state index in [-0.39, 0.29) is 17.6 Å². The van der Waals surface area contributed by atoms with Gasteiger partial charge in [-0.2, -0.15) is 0 Å². The lowest BCUT2D eigenvalue weighted by Gasteiger charge is -2.35. The molecule has 6 heteroatoms. The van der Waals surface area contributed by atoms with Gasteiger partial charge in [0.1, 0.15) is 5.75 Å². The van der Waals surface area contributed by atoms with Crippen molar-refractivity contribution in [2.24, 2.45) is 0 Å². The molecule has 26 heavy (non-hydrogen) atoms. The number of aromatic hydroxyl groups is 1. The van der Waals surface area contributed by atoms with Crippen LogP contribution in [0.3, 0.4) is 0 Å². The Bertz CT molecular complexity index is 971.